The maximum absolute atomic E-state index is 6.33. The summed E-state index contributed by atoms with van der Waals surface area (Å²) in [5.41, 5.74) is 6.89. The van der Waals surface area contributed by atoms with Crippen molar-refractivity contribution in [2.75, 3.05) is 36.8 Å². The number of aromatic nitrogens is 5. The molecule has 9 heteroatoms. The van der Waals surface area contributed by atoms with Gasteiger partial charge in [0.15, 0.2) is 11.6 Å². The third kappa shape index (κ3) is 3.08. The molecule has 25 heavy (non-hydrogen) atoms. The van der Waals surface area contributed by atoms with E-state index in [1.807, 2.05) is 23.8 Å². The van der Waals surface area contributed by atoms with Crippen LogP contribution in [0.2, 0.25) is 0 Å². The van der Waals surface area contributed by atoms with Gasteiger partial charge in [0.1, 0.15) is 17.0 Å². The highest BCUT2D eigenvalue weighted by molar-refractivity contribution is 7.09. The average molecular weight is 356 g/mol. The normalized spacial score (nSPS) is 16.9. The Morgan fingerprint density at radius 1 is 1.08 bits per heavy atom. The molecule has 3 aromatic heterocycles. The van der Waals surface area contributed by atoms with Crippen molar-refractivity contribution in [3.05, 3.63) is 41.4 Å². The first-order valence-electron chi connectivity index (χ1n) is 8.23. The van der Waals surface area contributed by atoms with E-state index in [4.69, 9.17) is 5.73 Å². The van der Waals surface area contributed by atoms with E-state index >= 15 is 0 Å². The summed E-state index contributed by atoms with van der Waals surface area (Å²) >= 11 is 1.71. The zero-order valence-corrected chi connectivity index (χ0v) is 14.8. The Labute approximate surface area is 149 Å². The van der Waals surface area contributed by atoms with E-state index < -0.39 is 0 Å². The van der Waals surface area contributed by atoms with Crippen molar-refractivity contribution in [3.8, 4) is 5.82 Å². The third-order valence-corrected chi connectivity index (χ3v) is 5.48. The minimum Gasteiger partial charge on any atom is -0.393 e. The Balaban J connectivity index is 1.49. The highest BCUT2D eigenvalue weighted by atomic mass is 32.1. The van der Waals surface area contributed by atoms with Crippen LogP contribution in [0, 0.1) is 0 Å². The van der Waals surface area contributed by atoms with Gasteiger partial charge in [-0.2, -0.15) is 5.10 Å². The topological polar surface area (TPSA) is 89.0 Å². The first-order valence-corrected chi connectivity index (χ1v) is 9.11. The molecule has 0 bridgehead atoms. The van der Waals surface area contributed by atoms with Crippen molar-refractivity contribution >= 4 is 22.8 Å². The van der Waals surface area contributed by atoms with Gasteiger partial charge in [-0.05, 0) is 13.0 Å². The molecule has 1 saturated heterocycles. The van der Waals surface area contributed by atoms with Crippen LogP contribution in [0.1, 0.15) is 18.0 Å². The van der Waals surface area contributed by atoms with Crippen molar-refractivity contribution in [3.63, 3.8) is 0 Å². The smallest absolute Gasteiger partial charge is 0.181 e. The lowest BCUT2D eigenvalue weighted by Gasteiger charge is -2.38. The number of hydrogen-bond donors (Lipinski definition) is 1. The largest absolute Gasteiger partial charge is 0.393 e. The molecular formula is C16H20N8S. The third-order valence-electron chi connectivity index (χ3n) is 4.53. The van der Waals surface area contributed by atoms with E-state index in [1.165, 1.54) is 0 Å². The Morgan fingerprint density at radius 2 is 1.88 bits per heavy atom. The number of nitrogens with two attached hydrogens (primary N) is 1. The van der Waals surface area contributed by atoms with Crippen LogP contribution >= 0.6 is 11.3 Å². The van der Waals surface area contributed by atoms with E-state index in [0.29, 0.717) is 17.5 Å². The van der Waals surface area contributed by atoms with E-state index in [0.717, 1.165) is 37.0 Å². The molecule has 0 spiro atoms. The molecule has 0 radical (unpaired) electrons. The van der Waals surface area contributed by atoms with Crippen molar-refractivity contribution in [1.82, 2.24) is 29.6 Å². The fraction of sp³-hybridized carbons (Fsp3) is 0.375. The van der Waals surface area contributed by atoms with Crippen LogP contribution in [0.25, 0.3) is 5.82 Å². The van der Waals surface area contributed by atoms with E-state index in [-0.39, 0.29) is 0 Å². The van der Waals surface area contributed by atoms with Crippen LogP contribution in [0.4, 0.5) is 11.5 Å². The number of nitrogen functional groups attached to an aromatic ring is 1. The summed E-state index contributed by atoms with van der Waals surface area (Å²) in [5, 5.41) is 7.40. The van der Waals surface area contributed by atoms with Crippen molar-refractivity contribution < 1.29 is 0 Å². The van der Waals surface area contributed by atoms with Crippen molar-refractivity contribution in [1.29, 1.82) is 0 Å². The number of anilines is 2. The van der Waals surface area contributed by atoms with Gasteiger partial charge in [0, 0.05) is 50.1 Å². The summed E-state index contributed by atoms with van der Waals surface area (Å²) in [7, 11) is 0. The first-order chi connectivity index (χ1) is 12.2. The van der Waals surface area contributed by atoms with Crippen LogP contribution in [0.5, 0.6) is 0 Å². The maximum Gasteiger partial charge on any atom is 0.181 e. The van der Waals surface area contributed by atoms with Gasteiger partial charge in [0.05, 0.1) is 6.04 Å². The Morgan fingerprint density at radius 3 is 2.56 bits per heavy atom. The SMILES string of the molecule is CC(c1nccs1)N1CCN(c2ncnc(-n3cccn3)c2N)CC1. The van der Waals surface area contributed by atoms with Crippen LogP contribution in [-0.4, -0.2) is 55.8 Å². The Hall–Kier alpha value is -2.52. The second-order valence-electron chi connectivity index (χ2n) is 5.95. The van der Waals surface area contributed by atoms with Gasteiger partial charge in [-0.15, -0.1) is 11.3 Å². The lowest BCUT2D eigenvalue weighted by Crippen LogP contribution is -2.47. The molecule has 4 rings (SSSR count). The van der Waals surface area contributed by atoms with Gasteiger partial charge in [0.25, 0.3) is 0 Å². The average Bonchev–Trinajstić information content (AvgIpc) is 3.35. The maximum atomic E-state index is 6.33. The minimum absolute atomic E-state index is 0.338. The zero-order chi connectivity index (χ0) is 17.2. The Kier molecular flexibility index (Phi) is 4.33. The Bertz CT molecular complexity index is 809. The highest BCUT2D eigenvalue weighted by Crippen LogP contribution is 2.28. The summed E-state index contributed by atoms with van der Waals surface area (Å²) in [6, 6.07) is 2.18. The fourth-order valence-electron chi connectivity index (χ4n) is 3.12. The molecule has 1 atom stereocenters. The standard InChI is InChI=1S/C16H20N8S/c1-12(16-18-4-10-25-16)22-6-8-23(9-7-22)14-13(17)15(20-11-19-14)24-5-2-3-21-24/h2-5,10-12H,6-9,17H2,1H3. The molecule has 1 fully saturated rings. The summed E-state index contributed by atoms with van der Waals surface area (Å²) in [5.74, 6) is 1.40. The van der Waals surface area contributed by atoms with E-state index in [9.17, 15) is 0 Å². The van der Waals surface area contributed by atoms with Crippen LogP contribution < -0.4 is 10.6 Å². The van der Waals surface area contributed by atoms with Gasteiger partial charge < -0.3 is 10.6 Å². The molecule has 1 unspecified atom stereocenters. The molecule has 8 nitrogen and oxygen atoms in total. The molecule has 4 heterocycles. The zero-order valence-electron chi connectivity index (χ0n) is 14.0. The molecule has 0 aliphatic carbocycles. The molecule has 0 saturated carbocycles. The molecule has 1 aliphatic rings. The number of hydrogen-bond acceptors (Lipinski definition) is 8. The summed E-state index contributed by atoms with van der Waals surface area (Å²) in [6.45, 7) is 5.84. The van der Waals surface area contributed by atoms with E-state index in [1.54, 1.807) is 28.5 Å². The number of thiazole rings is 1. The lowest BCUT2D eigenvalue weighted by molar-refractivity contribution is 0.198. The van der Waals surface area contributed by atoms with E-state index in [2.05, 4.69) is 36.8 Å². The summed E-state index contributed by atoms with van der Waals surface area (Å²) in [4.78, 5) is 17.8. The molecular weight excluding hydrogens is 336 g/mol. The molecule has 0 aromatic carbocycles. The number of piperazine rings is 1. The van der Waals surface area contributed by atoms with Gasteiger partial charge in [-0.25, -0.2) is 19.6 Å². The fourth-order valence-corrected chi connectivity index (χ4v) is 3.85. The highest BCUT2D eigenvalue weighted by Gasteiger charge is 2.25. The van der Waals surface area contributed by atoms with Gasteiger partial charge in [-0.3, -0.25) is 4.90 Å². The molecule has 1 aliphatic heterocycles. The van der Waals surface area contributed by atoms with Gasteiger partial charge in [-0.1, -0.05) is 0 Å². The minimum atomic E-state index is 0.338. The van der Waals surface area contributed by atoms with Gasteiger partial charge in [0.2, 0.25) is 0 Å². The molecule has 130 valence electrons. The lowest BCUT2D eigenvalue weighted by atomic mass is 10.2. The van der Waals surface area contributed by atoms with Gasteiger partial charge >= 0.3 is 0 Å². The first kappa shape index (κ1) is 16.0. The van der Waals surface area contributed by atoms with Crippen LogP contribution in [-0.2, 0) is 0 Å². The number of rotatable bonds is 4. The predicted molar refractivity (Wildman–Crippen MR) is 97.9 cm³/mol. The molecule has 3 aromatic rings. The number of nitrogens with zero attached hydrogens (tertiary/aromatic N) is 7. The molecule has 0 amide bonds. The molecule has 2 N–H and O–H groups in total. The predicted octanol–water partition coefficient (Wildman–Crippen LogP) is 1.58. The second-order valence-corrected chi connectivity index (χ2v) is 6.88. The second kappa shape index (κ2) is 6.77. The van der Waals surface area contributed by atoms with Crippen LogP contribution in [0.3, 0.4) is 0 Å². The van der Waals surface area contributed by atoms with Crippen molar-refractivity contribution in [2.45, 2.75) is 13.0 Å². The quantitative estimate of drug-likeness (QED) is 0.759. The monoisotopic (exact) mass is 356 g/mol. The summed E-state index contributed by atoms with van der Waals surface area (Å²) < 4.78 is 1.67. The van der Waals surface area contributed by atoms with Crippen LogP contribution in [0.15, 0.2) is 36.4 Å². The van der Waals surface area contributed by atoms with Crippen molar-refractivity contribution in [2.24, 2.45) is 0 Å². The summed E-state index contributed by atoms with van der Waals surface area (Å²) in [6.07, 6.45) is 6.95.